The van der Waals surface area contributed by atoms with Crippen LogP contribution in [-0.4, -0.2) is 21.0 Å². The molecule has 1 aromatic carbocycles. The summed E-state index contributed by atoms with van der Waals surface area (Å²) >= 11 is 0. The van der Waals surface area contributed by atoms with Crippen molar-refractivity contribution in [1.29, 1.82) is 0 Å². The Balaban J connectivity index is 2.13. The van der Waals surface area contributed by atoms with Gasteiger partial charge in [0.15, 0.2) is 0 Å². The minimum atomic E-state index is -3.44. The highest BCUT2D eigenvalue weighted by molar-refractivity contribution is 7.89. The van der Waals surface area contributed by atoms with E-state index in [4.69, 9.17) is 5.73 Å². The van der Waals surface area contributed by atoms with E-state index in [1.165, 1.54) is 0 Å². The second kappa shape index (κ2) is 6.40. The third-order valence-electron chi connectivity index (χ3n) is 3.67. The molecule has 5 heteroatoms. The first-order chi connectivity index (χ1) is 9.53. The lowest BCUT2D eigenvalue weighted by molar-refractivity contribution is 0.476. The Hall–Kier alpha value is -1.35. The zero-order chi connectivity index (χ0) is 14.6. The zero-order valence-electron chi connectivity index (χ0n) is 11.6. The van der Waals surface area contributed by atoms with E-state index in [-0.39, 0.29) is 10.9 Å². The Labute approximate surface area is 120 Å². The molecule has 0 aromatic heterocycles. The first kappa shape index (κ1) is 15.0. The minimum Gasteiger partial charge on any atom is -0.320 e. The maximum absolute atomic E-state index is 12.3. The molecule has 2 unspecified atom stereocenters. The van der Waals surface area contributed by atoms with Crippen LogP contribution in [-0.2, 0) is 10.0 Å². The van der Waals surface area contributed by atoms with Crippen molar-refractivity contribution in [3.8, 4) is 11.8 Å². The molecule has 3 N–H and O–H groups in total. The van der Waals surface area contributed by atoms with Crippen molar-refractivity contribution in [3.63, 3.8) is 0 Å². The molecule has 1 saturated carbocycles. The van der Waals surface area contributed by atoms with Gasteiger partial charge in [-0.25, -0.2) is 13.1 Å². The number of nitrogens with one attached hydrogen (secondary N) is 1. The van der Waals surface area contributed by atoms with Crippen molar-refractivity contribution in [2.75, 3.05) is 6.54 Å². The molecule has 0 spiro atoms. The van der Waals surface area contributed by atoms with Crippen LogP contribution in [0, 0.1) is 17.8 Å². The molecular weight excluding hydrogens is 272 g/mol. The SMILES string of the molecule is CC1CCCC1NS(=O)(=O)c1ccc(C#CCN)cc1. The van der Waals surface area contributed by atoms with Gasteiger partial charge in [-0.3, -0.25) is 0 Å². The fourth-order valence-corrected chi connectivity index (χ4v) is 3.84. The predicted octanol–water partition coefficient (Wildman–Crippen LogP) is 1.46. The summed E-state index contributed by atoms with van der Waals surface area (Å²) in [5.74, 6) is 6.02. The molecule has 0 bridgehead atoms. The molecule has 0 amide bonds. The average molecular weight is 292 g/mol. The van der Waals surface area contributed by atoms with Gasteiger partial charge in [0, 0.05) is 11.6 Å². The highest BCUT2D eigenvalue weighted by Gasteiger charge is 2.28. The average Bonchev–Trinajstić information content (AvgIpc) is 2.82. The first-order valence-corrected chi connectivity index (χ1v) is 8.32. The van der Waals surface area contributed by atoms with Crippen LogP contribution >= 0.6 is 0 Å². The van der Waals surface area contributed by atoms with Gasteiger partial charge in [-0.2, -0.15) is 0 Å². The van der Waals surface area contributed by atoms with E-state index in [1.54, 1.807) is 24.3 Å². The molecule has 0 saturated heterocycles. The zero-order valence-corrected chi connectivity index (χ0v) is 12.4. The van der Waals surface area contributed by atoms with Crippen LogP contribution in [0.25, 0.3) is 0 Å². The van der Waals surface area contributed by atoms with E-state index < -0.39 is 10.0 Å². The second-order valence-corrected chi connectivity index (χ2v) is 6.88. The molecule has 0 radical (unpaired) electrons. The minimum absolute atomic E-state index is 0.0525. The number of hydrogen-bond acceptors (Lipinski definition) is 3. The third-order valence-corrected chi connectivity index (χ3v) is 5.17. The van der Waals surface area contributed by atoms with Gasteiger partial charge in [-0.05, 0) is 43.0 Å². The summed E-state index contributed by atoms with van der Waals surface area (Å²) in [6.07, 6.45) is 3.09. The molecule has 20 heavy (non-hydrogen) atoms. The second-order valence-electron chi connectivity index (χ2n) is 5.17. The van der Waals surface area contributed by atoms with Gasteiger partial charge in [0.25, 0.3) is 0 Å². The Morgan fingerprint density at radius 2 is 2.00 bits per heavy atom. The standard InChI is InChI=1S/C15H20N2O2S/c1-12-4-2-6-15(12)17-20(18,19)14-9-7-13(8-10-14)5-3-11-16/h7-10,12,15,17H,2,4,6,11,16H2,1H3. The fourth-order valence-electron chi connectivity index (χ4n) is 2.46. The maximum atomic E-state index is 12.3. The first-order valence-electron chi connectivity index (χ1n) is 6.84. The Morgan fingerprint density at radius 3 is 2.55 bits per heavy atom. The smallest absolute Gasteiger partial charge is 0.240 e. The number of nitrogens with two attached hydrogens (primary N) is 1. The number of hydrogen-bond donors (Lipinski definition) is 2. The van der Waals surface area contributed by atoms with Crippen molar-refractivity contribution < 1.29 is 8.42 Å². The van der Waals surface area contributed by atoms with Crippen LogP contribution in [0.1, 0.15) is 31.7 Å². The van der Waals surface area contributed by atoms with Gasteiger partial charge in [0.2, 0.25) is 10.0 Å². The van der Waals surface area contributed by atoms with Crippen LogP contribution in [0.2, 0.25) is 0 Å². The van der Waals surface area contributed by atoms with Crippen molar-refractivity contribution in [2.45, 2.75) is 37.1 Å². The third kappa shape index (κ3) is 3.60. The molecule has 1 aliphatic carbocycles. The van der Waals surface area contributed by atoms with Crippen LogP contribution < -0.4 is 10.5 Å². The van der Waals surface area contributed by atoms with Crippen LogP contribution in [0.4, 0.5) is 0 Å². The summed E-state index contributed by atoms with van der Waals surface area (Å²) < 4.78 is 27.4. The van der Waals surface area contributed by atoms with E-state index in [2.05, 4.69) is 23.5 Å². The van der Waals surface area contributed by atoms with E-state index in [9.17, 15) is 8.42 Å². The monoisotopic (exact) mass is 292 g/mol. The lowest BCUT2D eigenvalue weighted by Gasteiger charge is -2.17. The van der Waals surface area contributed by atoms with Crippen LogP contribution in [0.3, 0.4) is 0 Å². The Bertz CT molecular complexity index is 612. The summed E-state index contributed by atoms with van der Waals surface area (Å²) in [5, 5.41) is 0. The number of sulfonamides is 1. The summed E-state index contributed by atoms with van der Waals surface area (Å²) in [4.78, 5) is 0.287. The van der Waals surface area contributed by atoms with Gasteiger partial charge in [0.1, 0.15) is 0 Å². The van der Waals surface area contributed by atoms with E-state index >= 15 is 0 Å². The fraction of sp³-hybridized carbons (Fsp3) is 0.467. The lowest BCUT2D eigenvalue weighted by atomic mass is 10.1. The quantitative estimate of drug-likeness (QED) is 0.829. The largest absolute Gasteiger partial charge is 0.320 e. The molecule has 1 aliphatic rings. The summed E-state index contributed by atoms with van der Waals surface area (Å²) in [6, 6.07) is 6.63. The topological polar surface area (TPSA) is 72.2 Å². The molecule has 1 aromatic rings. The predicted molar refractivity (Wildman–Crippen MR) is 79.5 cm³/mol. The Morgan fingerprint density at radius 1 is 1.30 bits per heavy atom. The van der Waals surface area contributed by atoms with E-state index in [1.807, 2.05) is 0 Å². The summed E-state index contributed by atoms with van der Waals surface area (Å²) in [6.45, 7) is 2.38. The van der Waals surface area contributed by atoms with Gasteiger partial charge < -0.3 is 5.73 Å². The van der Waals surface area contributed by atoms with Gasteiger partial charge in [0.05, 0.1) is 11.4 Å². The molecule has 4 nitrogen and oxygen atoms in total. The molecule has 108 valence electrons. The lowest BCUT2D eigenvalue weighted by Crippen LogP contribution is -2.36. The number of benzene rings is 1. The van der Waals surface area contributed by atoms with Crippen molar-refractivity contribution >= 4 is 10.0 Å². The van der Waals surface area contributed by atoms with Crippen molar-refractivity contribution in [1.82, 2.24) is 4.72 Å². The number of rotatable bonds is 3. The van der Waals surface area contributed by atoms with E-state index in [0.717, 1.165) is 24.8 Å². The van der Waals surface area contributed by atoms with Crippen LogP contribution in [0.5, 0.6) is 0 Å². The van der Waals surface area contributed by atoms with Crippen molar-refractivity contribution in [3.05, 3.63) is 29.8 Å². The highest BCUT2D eigenvalue weighted by Crippen LogP contribution is 2.26. The van der Waals surface area contributed by atoms with Crippen molar-refractivity contribution in [2.24, 2.45) is 11.7 Å². The molecule has 2 atom stereocenters. The van der Waals surface area contributed by atoms with Gasteiger partial charge >= 0.3 is 0 Å². The highest BCUT2D eigenvalue weighted by atomic mass is 32.2. The Kier molecular flexibility index (Phi) is 4.81. The molecule has 2 rings (SSSR count). The summed E-state index contributed by atoms with van der Waals surface area (Å²) in [5.41, 5.74) is 6.07. The normalized spacial score (nSPS) is 22.3. The molecule has 1 fully saturated rings. The van der Waals surface area contributed by atoms with Gasteiger partial charge in [-0.15, -0.1) is 0 Å². The molecule has 0 heterocycles. The molecule has 0 aliphatic heterocycles. The molecular formula is C15H20N2O2S. The van der Waals surface area contributed by atoms with E-state index in [0.29, 0.717) is 12.5 Å². The summed E-state index contributed by atoms with van der Waals surface area (Å²) in [7, 11) is -3.44. The maximum Gasteiger partial charge on any atom is 0.240 e. The van der Waals surface area contributed by atoms with Crippen LogP contribution in [0.15, 0.2) is 29.2 Å². The van der Waals surface area contributed by atoms with Gasteiger partial charge in [-0.1, -0.05) is 25.2 Å².